The molecule has 7 heteroatoms. The Morgan fingerprint density at radius 3 is 2.80 bits per heavy atom. The van der Waals surface area contributed by atoms with E-state index in [-0.39, 0.29) is 12.5 Å². The third-order valence-electron chi connectivity index (χ3n) is 5.54. The largest absolute Gasteiger partial charge is 0.359 e. The third kappa shape index (κ3) is 5.40. The molecule has 0 aliphatic carbocycles. The summed E-state index contributed by atoms with van der Waals surface area (Å²) in [4.78, 5) is 19.2. The summed E-state index contributed by atoms with van der Waals surface area (Å²) in [5.74, 6) is 1.79. The number of hydrogen-bond acceptors (Lipinski definition) is 4. The fourth-order valence-electron chi connectivity index (χ4n) is 3.85. The number of para-hydroxylation sites is 1. The van der Waals surface area contributed by atoms with Crippen LogP contribution in [0.4, 0.5) is 5.69 Å². The molecule has 0 bridgehead atoms. The van der Waals surface area contributed by atoms with Gasteiger partial charge in [-0.1, -0.05) is 37.2 Å². The predicted molar refractivity (Wildman–Crippen MR) is 120 cm³/mol. The Balaban J connectivity index is 1.60. The van der Waals surface area contributed by atoms with Crippen molar-refractivity contribution in [3.8, 4) is 0 Å². The van der Waals surface area contributed by atoms with Gasteiger partial charge in [-0.05, 0) is 44.2 Å². The molecule has 0 saturated carbocycles. The lowest BCUT2D eigenvalue weighted by Crippen LogP contribution is -2.40. The number of anilines is 1. The second kappa shape index (κ2) is 10.8. The first-order valence-corrected chi connectivity index (χ1v) is 11.0. The zero-order valence-electron chi connectivity index (χ0n) is 18.3. The van der Waals surface area contributed by atoms with Crippen LogP contribution in [0.1, 0.15) is 63.0 Å². The van der Waals surface area contributed by atoms with E-state index in [2.05, 4.69) is 40.7 Å². The van der Waals surface area contributed by atoms with E-state index in [1.54, 1.807) is 0 Å². The maximum atomic E-state index is 12.8. The van der Waals surface area contributed by atoms with E-state index in [1.165, 1.54) is 5.56 Å². The first-order valence-electron chi connectivity index (χ1n) is 11.0. The van der Waals surface area contributed by atoms with Crippen molar-refractivity contribution < 1.29 is 9.32 Å². The number of aryl methyl sites for hydroxylation is 1. The van der Waals surface area contributed by atoms with Gasteiger partial charge in [0.2, 0.25) is 5.91 Å². The number of carbonyl (C=O) groups is 1. The molecule has 2 N–H and O–H groups in total. The van der Waals surface area contributed by atoms with Crippen LogP contribution in [0.2, 0.25) is 0 Å². The fourth-order valence-corrected chi connectivity index (χ4v) is 3.85. The second-order valence-electron chi connectivity index (χ2n) is 7.56. The van der Waals surface area contributed by atoms with Crippen molar-refractivity contribution in [2.24, 2.45) is 4.99 Å². The van der Waals surface area contributed by atoms with E-state index in [1.807, 2.05) is 36.1 Å². The molecule has 0 saturated heterocycles. The van der Waals surface area contributed by atoms with Crippen molar-refractivity contribution in [2.75, 3.05) is 24.5 Å². The minimum absolute atomic E-state index is 0.00929. The molecule has 0 atom stereocenters. The van der Waals surface area contributed by atoms with Crippen molar-refractivity contribution in [3.05, 3.63) is 47.3 Å². The van der Waals surface area contributed by atoms with Gasteiger partial charge in [0.1, 0.15) is 6.54 Å². The van der Waals surface area contributed by atoms with Gasteiger partial charge >= 0.3 is 0 Å². The van der Waals surface area contributed by atoms with Gasteiger partial charge in [-0.15, -0.1) is 0 Å². The molecule has 1 aromatic carbocycles. The van der Waals surface area contributed by atoms with E-state index < -0.39 is 0 Å². The summed E-state index contributed by atoms with van der Waals surface area (Å²) in [6.07, 6.45) is 4.09. The molecule has 2 heterocycles. The van der Waals surface area contributed by atoms with Crippen LogP contribution in [0.15, 0.2) is 39.8 Å². The smallest absolute Gasteiger partial charge is 0.248 e. The van der Waals surface area contributed by atoms with E-state index in [0.29, 0.717) is 25.0 Å². The van der Waals surface area contributed by atoms with Crippen LogP contribution < -0.4 is 15.5 Å². The van der Waals surface area contributed by atoms with Crippen LogP contribution >= 0.6 is 0 Å². The van der Waals surface area contributed by atoms with E-state index >= 15 is 0 Å². The number of rotatable bonds is 8. The molecule has 1 aliphatic heterocycles. The summed E-state index contributed by atoms with van der Waals surface area (Å²) >= 11 is 0. The minimum Gasteiger partial charge on any atom is -0.359 e. The van der Waals surface area contributed by atoms with Gasteiger partial charge in [0, 0.05) is 30.8 Å². The summed E-state index contributed by atoms with van der Waals surface area (Å²) in [6.45, 7) is 8.34. The van der Waals surface area contributed by atoms with E-state index in [0.717, 1.165) is 49.4 Å². The van der Waals surface area contributed by atoms with Crippen molar-refractivity contribution in [1.82, 2.24) is 15.8 Å². The summed E-state index contributed by atoms with van der Waals surface area (Å²) < 4.78 is 5.47. The molecule has 1 amide bonds. The molecule has 162 valence electrons. The van der Waals surface area contributed by atoms with Gasteiger partial charge in [-0.3, -0.25) is 4.79 Å². The Labute approximate surface area is 178 Å². The molecule has 0 spiro atoms. The van der Waals surface area contributed by atoms with Crippen LogP contribution in [0.25, 0.3) is 0 Å². The number of aliphatic imine (C=N–C) groups is 1. The van der Waals surface area contributed by atoms with Crippen molar-refractivity contribution in [3.63, 3.8) is 0 Å². The molecule has 2 aromatic rings. The number of benzene rings is 1. The lowest BCUT2D eigenvalue weighted by molar-refractivity contribution is -0.117. The first kappa shape index (κ1) is 21.9. The first-order chi connectivity index (χ1) is 14.7. The van der Waals surface area contributed by atoms with Gasteiger partial charge in [0.05, 0.1) is 12.2 Å². The lowest BCUT2D eigenvalue weighted by Gasteiger charge is -2.29. The molecule has 1 aromatic heterocycles. The van der Waals surface area contributed by atoms with Crippen molar-refractivity contribution in [2.45, 2.75) is 58.9 Å². The maximum Gasteiger partial charge on any atom is 0.248 e. The average molecular weight is 412 g/mol. The molecule has 0 radical (unpaired) electrons. The highest BCUT2D eigenvalue weighted by molar-refractivity contribution is 5.97. The maximum absolute atomic E-state index is 12.8. The number of fused-ring (bicyclic) bond motifs is 1. The molecule has 3 rings (SSSR count). The second-order valence-corrected chi connectivity index (χ2v) is 7.56. The van der Waals surface area contributed by atoms with Crippen LogP contribution in [0, 0.1) is 0 Å². The summed E-state index contributed by atoms with van der Waals surface area (Å²) in [5, 5.41) is 10.6. The number of nitrogens with zero attached hydrogens (tertiary/aromatic N) is 3. The average Bonchev–Trinajstić information content (AvgIpc) is 3.24. The lowest BCUT2D eigenvalue weighted by atomic mass is 9.99. The number of guanidine groups is 1. The normalized spacial score (nSPS) is 14.0. The monoisotopic (exact) mass is 411 g/mol. The number of hydrogen-bond donors (Lipinski definition) is 2. The third-order valence-corrected chi connectivity index (χ3v) is 5.54. The Kier molecular flexibility index (Phi) is 7.88. The Hall–Kier alpha value is -2.83. The minimum atomic E-state index is 0.00929. The van der Waals surface area contributed by atoms with E-state index in [9.17, 15) is 4.79 Å². The van der Waals surface area contributed by atoms with E-state index in [4.69, 9.17) is 4.52 Å². The predicted octanol–water partition coefficient (Wildman–Crippen LogP) is 3.61. The van der Waals surface area contributed by atoms with Gasteiger partial charge in [-0.2, -0.15) is 0 Å². The fraction of sp³-hybridized carbons (Fsp3) is 0.522. The molecular weight excluding hydrogens is 378 g/mol. The number of carbonyl (C=O) groups excluding carboxylic acids is 1. The molecule has 7 nitrogen and oxygen atoms in total. The zero-order valence-corrected chi connectivity index (χ0v) is 18.3. The summed E-state index contributed by atoms with van der Waals surface area (Å²) in [6, 6.07) is 10.1. The molecule has 1 aliphatic rings. The SMILES string of the molecule is CCNC(=NCC(=O)N1CCCc2ccccc21)NCc1cc(C(CC)CC)no1. The van der Waals surface area contributed by atoms with Gasteiger partial charge in [-0.25, -0.2) is 4.99 Å². The molecule has 0 unspecified atom stereocenters. The highest BCUT2D eigenvalue weighted by Gasteiger charge is 2.21. The highest BCUT2D eigenvalue weighted by atomic mass is 16.5. The van der Waals surface area contributed by atoms with Crippen molar-refractivity contribution >= 4 is 17.6 Å². The van der Waals surface area contributed by atoms with Crippen LogP contribution in [0.5, 0.6) is 0 Å². The van der Waals surface area contributed by atoms with Gasteiger partial charge in [0.15, 0.2) is 11.7 Å². The molecular formula is C23H33N5O2. The number of aromatic nitrogens is 1. The quantitative estimate of drug-likeness (QED) is 0.512. The number of nitrogens with one attached hydrogen (secondary N) is 2. The van der Waals surface area contributed by atoms with Gasteiger partial charge < -0.3 is 20.1 Å². The standard InChI is InChI=1S/C23H33N5O2/c1-4-17(5-2)20-14-19(30-27-20)15-25-23(24-6-3)26-16-22(29)28-13-9-11-18-10-7-8-12-21(18)28/h7-8,10,12,14,17H,4-6,9,11,13,15-16H2,1-3H3,(H2,24,25,26). The zero-order chi connectivity index (χ0) is 21.3. The number of amides is 1. The molecule has 0 fully saturated rings. The van der Waals surface area contributed by atoms with Crippen LogP contribution in [-0.4, -0.2) is 36.7 Å². The summed E-state index contributed by atoms with van der Waals surface area (Å²) in [7, 11) is 0. The Morgan fingerprint density at radius 1 is 1.23 bits per heavy atom. The van der Waals surface area contributed by atoms with Crippen molar-refractivity contribution in [1.29, 1.82) is 0 Å². The topological polar surface area (TPSA) is 82.8 Å². The van der Waals surface area contributed by atoms with Gasteiger partial charge in [0.25, 0.3) is 0 Å². The highest BCUT2D eigenvalue weighted by Crippen LogP contribution is 2.26. The van der Waals surface area contributed by atoms with Crippen LogP contribution in [0.3, 0.4) is 0 Å². The summed E-state index contributed by atoms with van der Waals surface area (Å²) in [5.41, 5.74) is 3.24. The Morgan fingerprint density at radius 2 is 2.03 bits per heavy atom. The molecule has 30 heavy (non-hydrogen) atoms. The van der Waals surface area contributed by atoms with Crippen LogP contribution in [-0.2, 0) is 17.8 Å². The Bertz CT molecular complexity index is 857.